The molecule has 2 N–H and O–H groups in total. The highest BCUT2D eigenvalue weighted by Gasteiger charge is 2.22. The second-order valence-corrected chi connectivity index (χ2v) is 4.82. The summed E-state index contributed by atoms with van der Waals surface area (Å²) in [5.41, 5.74) is 7.16. The predicted octanol–water partition coefficient (Wildman–Crippen LogP) is 3.40. The summed E-state index contributed by atoms with van der Waals surface area (Å²) in [5.74, 6) is -2.65. The number of carbonyl (C=O) groups is 1. The zero-order valence-electron chi connectivity index (χ0n) is 12.0. The van der Waals surface area contributed by atoms with Gasteiger partial charge in [0.15, 0.2) is 5.78 Å². The zero-order chi connectivity index (χ0) is 15.7. The van der Waals surface area contributed by atoms with Crippen LogP contribution in [0.15, 0.2) is 24.3 Å². The maximum Gasteiger partial charge on any atom is 0.199 e. The molecule has 110 valence electrons. The Hall–Kier alpha value is -2.43. The van der Waals surface area contributed by atoms with Gasteiger partial charge in [0.2, 0.25) is 0 Å². The molecule has 2 rings (SSSR count). The van der Waals surface area contributed by atoms with Crippen molar-refractivity contribution in [3.63, 3.8) is 0 Å². The lowest BCUT2D eigenvalue weighted by Crippen LogP contribution is -2.10. The first kappa shape index (κ1) is 15.0. The Labute approximate surface area is 121 Å². The van der Waals surface area contributed by atoms with E-state index in [1.165, 1.54) is 13.2 Å². The fraction of sp³-hybridized carbons (Fsp3) is 0.188. The van der Waals surface area contributed by atoms with Crippen molar-refractivity contribution in [3.8, 4) is 5.75 Å². The Kier molecular flexibility index (Phi) is 3.93. The van der Waals surface area contributed by atoms with E-state index in [2.05, 4.69) is 0 Å². The lowest BCUT2D eigenvalue weighted by atomic mass is 9.96. The second kappa shape index (κ2) is 5.52. The summed E-state index contributed by atoms with van der Waals surface area (Å²) in [5, 5.41) is 0. The van der Waals surface area contributed by atoms with Gasteiger partial charge in [-0.15, -0.1) is 0 Å². The first-order valence-corrected chi connectivity index (χ1v) is 6.29. The first-order valence-electron chi connectivity index (χ1n) is 6.29. The highest BCUT2D eigenvalue weighted by molar-refractivity contribution is 6.10. The number of benzene rings is 2. The van der Waals surface area contributed by atoms with E-state index in [0.29, 0.717) is 11.3 Å². The monoisotopic (exact) mass is 291 g/mol. The highest BCUT2D eigenvalue weighted by Crippen LogP contribution is 2.26. The minimum Gasteiger partial charge on any atom is -0.497 e. The van der Waals surface area contributed by atoms with Crippen LogP contribution in [0.4, 0.5) is 14.5 Å². The van der Waals surface area contributed by atoms with E-state index in [9.17, 15) is 13.6 Å². The van der Waals surface area contributed by atoms with E-state index >= 15 is 0 Å². The minimum absolute atomic E-state index is 0.0155. The van der Waals surface area contributed by atoms with Crippen LogP contribution in [0.25, 0.3) is 0 Å². The molecule has 0 saturated carbocycles. The molecular formula is C16H15F2NO2. The van der Waals surface area contributed by atoms with Crippen LogP contribution in [0, 0.1) is 25.5 Å². The molecule has 0 atom stereocenters. The third kappa shape index (κ3) is 2.72. The molecule has 0 amide bonds. The molecular weight excluding hydrogens is 276 g/mol. The molecule has 0 radical (unpaired) electrons. The van der Waals surface area contributed by atoms with Crippen molar-refractivity contribution in [2.75, 3.05) is 12.8 Å². The number of hydrogen-bond donors (Lipinski definition) is 1. The second-order valence-electron chi connectivity index (χ2n) is 4.82. The normalized spacial score (nSPS) is 10.5. The van der Waals surface area contributed by atoms with Crippen molar-refractivity contribution < 1.29 is 18.3 Å². The van der Waals surface area contributed by atoms with Gasteiger partial charge in [-0.1, -0.05) is 6.07 Å². The van der Waals surface area contributed by atoms with Crippen molar-refractivity contribution in [2.24, 2.45) is 0 Å². The van der Waals surface area contributed by atoms with Gasteiger partial charge in [-0.25, -0.2) is 8.78 Å². The molecule has 0 saturated heterocycles. The summed E-state index contributed by atoms with van der Waals surface area (Å²) in [6.07, 6.45) is 0. The van der Waals surface area contributed by atoms with Crippen molar-refractivity contribution in [1.29, 1.82) is 0 Å². The quantitative estimate of drug-likeness (QED) is 0.696. The molecule has 3 nitrogen and oxygen atoms in total. The number of hydrogen-bond acceptors (Lipinski definition) is 3. The van der Waals surface area contributed by atoms with Crippen molar-refractivity contribution in [3.05, 3.63) is 58.2 Å². The van der Waals surface area contributed by atoms with Gasteiger partial charge in [-0.3, -0.25) is 4.79 Å². The van der Waals surface area contributed by atoms with Gasteiger partial charge in [0, 0.05) is 23.4 Å². The van der Waals surface area contributed by atoms with E-state index in [0.717, 1.165) is 17.7 Å². The number of aryl methyl sites for hydroxylation is 2. The first-order chi connectivity index (χ1) is 9.85. The zero-order valence-corrected chi connectivity index (χ0v) is 12.0. The molecule has 0 spiro atoms. The Bertz CT molecular complexity index is 703. The molecule has 0 aliphatic carbocycles. The van der Waals surface area contributed by atoms with Crippen molar-refractivity contribution in [2.45, 2.75) is 13.8 Å². The van der Waals surface area contributed by atoms with Crippen LogP contribution >= 0.6 is 0 Å². The summed E-state index contributed by atoms with van der Waals surface area (Å²) in [6.45, 7) is 3.49. The molecule has 2 aromatic rings. The average molecular weight is 291 g/mol. The van der Waals surface area contributed by atoms with Crippen molar-refractivity contribution >= 4 is 11.5 Å². The Morgan fingerprint density at radius 2 is 1.62 bits per heavy atom. The van der Waals surface area contributed by atoms with Gasteiger partial charge < -0.3 is 10.5 Å². The number of nitrogens with two attached hydrogens (primary N) is 1. The molecule has 0 aromatic heterocycles. The van der Waals surface area contributed by atoms with Crippen LogP contribution in [0.2, 0.25) is 0 Å². The van der Waals surface area contributed by atoms with E-state index in [1.807, 2.05) is 0 Å². The Morgan fingerprint density at radius 1 is 1.05 bits per heavy atom. The molecule has 0 aliphatic rings. The molecule has 21 heavy (non-hydrogen) atoms. The molecule has 2 aromatic carbocycles. The third-order valence-electron chi connectivity index (χ3n) is 3.34. The van der Waals surface area contributed by atoms with E-state index in [-0.39, 0.29) is 11.3 Å². The van der Waals surface area contributed by atoms with Gasteiger partial charge in [0.05, 0.1) is 12.7 Å². The van der Waals surface area contributed by atoms with E-state index in [1.54, 1.807) is 19.9 Å². The third-order valence-corrected chi connectivity index (χ3v) is 3.34. The van der Waals surface area contributed by atoms with Gasteiger partial charge in [0.25, 0.3) is 0 Å². The fourth-order valence-electron chi connectivity index (χ4n) is 2.13. The van der Waals surface area contributed by atoms with Gasteiger partial charge >= 0.3 is 0 Å². The van der Waals surface area contributed by atoms with Gasteiger partial charge in [-0.2, -0.15) is 0 Å². The number of ketones is 1. The lowest BCUT2D eigenvalue weighted by molar-refractivity contribution is 0.103. The Morgan fingerprint density at radius 3 is 2.14 bits per heavy atom. The predicted molar refractivity (Wildman–Crippen MR) is 76.7 cm³/mol. The number of halogens is 2. The number of nitrogen functional groups attached to an aromatic ring is 1. The maximum absolute atomic E-state index is 14.0. The number of carbonyl (C=O) groups excluding carboxylic acids is 1. The number of rotatable bonds is 3. The van der Waals surface area contributed by atoms with Gasteiger partial charge in [0.1, 0.15) is 17.4 Å². The minimum atomic E-state index is -0.963. The largest absolute Gasteiger partial charge is 0.497 e. The van der Waals surface area contributed by atoms with Crippen LogP contribution in [-0.4, -0.2) is 12.9 Å². The van der Waals surface area contributed by atoms with Crippen LogP contribution in [0.1, 0.15) is 27.0 Å². The fourth-order valence-corrected chi connectivity index (χ4v) is 2.13. The smallest absolute Gasteiger partial charge is 0.199 e. The van der Waals surface area contributed by atoms with Crippen LogP contribution < -0.4 is 10.5 Å². The number of ether oxygens (including phenoxy) is 1. The van der Waals surface area contributed by atoms with Crippen molar-refractivity contribution in [1.82, 2.24) is 0 Å². The van der Waals surface area contributed by atoms with E-state index < -0.39 is 23.0 Å². The molecule has 0 fully saturated rings. The Balaban J connectivity index is 2.58. The van der Waals surface area contributed by atoms with E-state index in [4.69, 9.17) is 10.5 Å². The van der Waals surface area contributed by atoms with Crippen LogP contribution in [0.5, 0.6) is 5.75 Å². The summed E-state index contributed by atoms with van der Waals surface area (Å²) in [6, 6.07) is 5.10. The molecule has 0 aliphatic heterocycles. The highest BCUT2D eigenvalue weighted by atomic mass is 19.1. The number of methoxy groups -OCH3 is 1. The summed E-state index contributed by atoms with van der Waals surface area (Å²) in [7, 11) is 1.29. The van der Waals surface area contributed by atoms with Gasteiger partial charge in [-0.05, 0) is 31.0 Å². The topological polar surface area (TPSA) is 52.3 Å². The molecule has 5 heteroatoms. The summed E-state index contributed by atoms with van der Waals surface area (Å²) >= 11 is 0. The van der Waals surface area contributed by atoms with Crippen LogP contribution in [-0.2, 0) is 0 Å². The average Bonchev–Trinajstić information content (AvgIpc) is 2.41. The summed E-state index contributed by atoms with van der Waals surface area (Å²) < 4.78 is 32.7. The number of anilines is 1. The summed E-state index contributed by atoms with van der Waals surface area (Å²) in [4.78, 5) is 12.4. The SMILES string of the molecule is COc1cc(F)c(C(=O)c2cc(N)c(C)cc2C)c(F)c1. The molecule has 0 heterocycles. The van der Waals surface area contributed by atoms with Crippen LogP contribution in [0.3, 0.4) is 0 Å². The standard InChI is InChI=1S/C16H15F2NO2/c1-8-4-9(2)14(19)7-11(8)16(20)15-12(17)5-10(21-3)6-13(15)18/h4-7H,19H2,1-3H3. The molecule has 0 bridgehead atoms. The molecule has 0 unspecified atom stereocenters. The lowest BCUT2D eigenvalue weighted by Gasteiger charge is -2.11. The maximum atomic E-state index is 14.0.